The van der Waals surface area contributed by atoms with E-state index in [0.717, 1.165) is 16.6 Å². The van der Waals surface area contributed by atoms with E-state index in [9.17, 15) is 9.59 Å². The highest BCUT2D eigenvalue weighted by molar-refractivity contribution is 5.89. The summed E-state index contributed by atoms with van der Waals surface area (Å²) in [5, 5.41) is 10.4. The Labute approximate surface area is 132 Å². The molecule has 0 atom stereocenters. The summed E-state index contributed by atoms with van der Waals surface area (Å²) >= 11 is 0. The summed E-state index contributed by atoms with van der Waals surface area (Å²) in [6.07, 6.45) is 0. The molecule has 0 aliphatic carbocycles. The minimum Gasteiger partial charge on any atom is -0.497 e. The van der Waals surface area contributed by atoms with Gasteiger partial charge in [0.2, 0.25) is 0 Å². The molecule has 0 saturated heterocycles. The Hall–Kier alpha value is -3.08. The molecule has 3 rings (SSSR count). The lowest BCUT2D eigenvalue weighted by atomic mass is 10.0. The van der Waals surface area contributed by atoms with Gasteiger partial charge in [0.25, 0.3) is 5.56 Å². The molecule has 0 radical (unpaired) electrons. The summed E-state index contributed by atoms with van der Waals surface area (Å²) in [5.74, 6) is -0.343. The molecule has 0 unspecified atom stereocenters. The van der Waals surface area contributed by atoms with Gasteiger partial charge in [0, 0.05) is 7.05 Å². The normalized spacial score (nSPS) is 10.7. The van der Waals surface area contributed by atoms with E-state index in [1.807, 2.05) is 12.1 Å². The number of aromatic carboxylic acids is 1. The van der Waals surface area contributed by atoms with Crippen molar-refractivity contribution >= 4 is 16.7 Å². The first-order valence-electron chi connectivity index (χ1n) is 7.03. The molecule has 1 N–H and O–H groups in total. The fraction of sp³-hybridized carbons (Fsp3) is 0.111. The Morgan fingerprint density at radius 2 is 1.78 bits per heavy atom. The fourth-order valence-electron chi connectivity index (χ4n) is 2.57. The van der Waals surface area contributed by atoms with Crippen LogP contribution in [-0.2, 0) is 7.05 Å². The number of hydrogen-bond acceptors (Lipinski definition) is 3. The maximum atomic E-state index is 12.6. The number of pyridine rings is 1. The van der Waals surface area contributed by atoms with Gasteiger partial charge in [-0.15, -0.1) is 0 Å². The standard InChI is InChI=1S/C18H15NO4/c1-19-16(11-3-5-12(6-4-11)18(21)22)9-13-7-8-14(23-2)10-15(13)17(19)20/h3-10H,1-2H3,(H,21,22). The van der Waals surface area contributed by atoms with Gasteiger partial charge in [-0.25, -0.2) is 4.79 Å². The molecule has 2 aromatic carbocycles. The first-order valence-corrected chi connectivity index (χ1v) is 7.03. The molecule has 1 aromatic heterocycles. The summed E-state index contributed by atoms with van der Waals surface area (Å²) in [7, 11) is 3.26. The molecule has 0 saturated carbocycles. The van der Waals surface area contributed by atoms with E-state index in [1.54, 1.807) is 43.0 Å². The number of hydrogen-bond donors (Lipinski definition) is 1. The molecule has 116 valence electrons. The third-order valence-corrected chi connectivity index (χ3v) is 3.88. The zero-order valence-corrected chi connectivity index (χ0v) is 12.7. The van der Waals surface area contributed by atoms with Crippen molar-refractivity contribution in [2.45, 2.75) is 0 Å². The van der Waals surface area contributed by atoms with Gasteiger partial charge in [0.1, 0.15) is 5.75 Å². The molecular formula is C18H15NO4. The zero-order chi connectivity index (χ0) is 16.6. The van der Waals surface area contributed by atoms with Crippen LogP contribution in [0.1, 0.15) is 10.4 Å². The first kappa shape index (κ1) is 14.8. The highest BCUT2D eigenvalue weighted by Crippen LogP contribution is 2.24. The van der Waals surface area contributed by atoms with Crippen molar-refractivity contribution in [2.24, 2.45) is 7.05 Å². The molecule has 0 amide bonds. The Bertz CT molecular complexity index is 955. The third-order valence-electron chi connectivity index (χ3n) is 3.88. The highest BCUT2D eigenvalue weighted by atomic mass is 16.5. The largest absolute Gasteiger partial charge is 0.497 e. The molecule has 3 aromatic rings. The average Bonchev–Trinajstić information content (AvgIpc) is 2.58. The number of carboxylic acid groups (broad SMARTS) is 1. The van der Waals surface area contributed by atoms with Crippen LogP contribution in [0.2, 0.25) is 0 Å². The van der Waals surface area contributed by atoms with Crippen LogP contribution in [0.5, 0.6) is 5.75 Å². The Morgan fingerprint density at radius 1 is 1.09 bits per heavy atom. The van der Waals surface area contributed by atoms with E-state index in [-0.39, 0.29) is 11.1 Å². The molecule has 0 spiro atoms. The van der Waals surface area contributed by atoms with Crippen molar-refractivity contribution in [3.63, 3.8) is 0 Å². The SMILES string of the molecule is COc1ccc2cc(-c3ccc(C(=O)O)cc3)n(C)c(=O)c2c1. The van der Waals surface area contributed by atoms with Gasteiger partial charge in [-0.1, -0.05) is 18.2 Å². The van der Waals surface area contributed by atoms with E-state index in [4.69, 9.17) is 9.84 Å². The Kier molecular flexibility index (Phi) is 3.62. The molecule has 1 heterocycles. The number of ether oxygens (including phenoxy) is 1. The lowest BCUT2D eigenvalue weighted by Crippen LogP contribution is -2.18. The zero-order valence-electron chi connectivity index (χ0n) is 12.7. The second-order valence-corrected chi connectivity index (χ2v) is 5.23. The van der Waals surface area contributed by atoms with Crippen molar-refractivity contribution in [2.75, 3.05) is 7.11 Å². The van der Waals surface area contributed by atoms with E-state index in [2.05, 4.69) is 0 Å². The first-order chi connectivity index (χ1) is 11.0. The van der Waals surface area contributed by atoms with Crippen LogP contribution in [-0.4, -0.2) is 22.8 Å². The summed E-state index contributed by atoms with van der Waals surface area (Å²) < 4.78 is 6.72. The maximum Gasteiger partial charge on any atom is 0.335 e. The molecule has 5 heteroatoms. The fourth-order valence-corrected chi connectivity index (χ4v) is 2.57. The molecule has 0 bridgehead atoms. The number of carboxylic acids is 1. The van der Waals surface area contributed by atoms with E-state index >= 15 is 0 Å². The lowest BCUT2D eigenvalue weighted by Gasteiger charge is -2.11. The molecular weight excluding hydrogens is 294 g/mol. The van der Waals surface area contributed by atoms with Crippen LogP contribution in [0, 0.1) is 0 Å². The maximum absolute atomic E-state index is 12.6. The van der Waals surface area contributed by atoms with Gasteiger partial charge in [0.05, 0.1) is 23.8 Å². The van der Waals surface area contributed by atoms with Gasteiger partial charge in [-0.05, 0) is 41.3 Å². The van der Waals surface area contributed by atoms with Gasteiger partial charge in [0.15, 0.2) is 0 Å². The minimum absolute atomic E-state index is 0.126. The number of fused-ring (bicyclic) bond motifs is 1. The Balaban J connectivity index is 2.20. The average molecular weight is 309 g/mol. The predicted molar refractivity (Wildman–Crippen MR) is 88.1 cm³/mol. The van der Waals surface area contributed by atoms with Crippen molar-refractivity contribution in [1.82, 2.24) is 4.57 Å². The highest BCUT2D eigenvalue weighted by Gasteiger charge is 2.10. The third kappa shape index (κ3) is 2.57. The van der Waals surface area contributed by atoms with Gasteiger partial charge >= 0.3 is 5.97 Å². The van der Waals surface area contributed by atoms with Crippen LogP contribution in [0.15, 0.2) is 53.3 Å². The number of benzene rings is 2. The second-order valence-electron chi connectivity index (χ2n) is 5.23. The van der Waals surface area contributed by atoms with Crippen LogP contribution in [0.3, 0.4) is 0 Å². The number of rotatable bonds is 3. The number of aromatic nitrogens is 1. The van der Waals surface area contributed by atoms with Gasteiger partial charge in [-0.2, -0.15) is 0 Å². The summed E-state index contributed by atoms with van der Waals surface area (Å²) in [6, 6.07) is 13.7. The monoisotopic (exact) mass is 309 g/mol. The van der Waals surface area contributed by atoms with Crippen molar-refractivity contribution in [1.29, 1.82) is 0 Å². The molecule has 23 heavy (non-hydrogen) atoms. The van der Waals surface area contributed by atoms with E-state index in [0.29, 0.717) is 11.1 Å². The van der Waals surface area contributed by atoms with Crippen LogP contribution >= 0.6 is 0 Å². The second kappa shape index (κ2) is 5.61. The topological polar surface area (TPSA) is 68.5 Å². The molecule has 5 nitrogen and oxygen atoms in total. The van der Waals surface area contributed by atoms with Gasteiger partial charge in [-0.3, -0.25) is 4.79 Å². The van der Waals surface area contributed by atoms with Crippen molar-refractivity contribution < 1.29 is 14.6 Å². The molecule has 0 aliphatic rings. The number of nitrogens with zero attached hydrogens (tertiary/aromatic N) is 1. The van der Waals surface area contributed by atoms with Crippen molar-refractivity contribution in [3.8, 4) is 17.0 Å². The molecule has 0 fully saturated rings. The van der Waals surface area contributed by atoms with E-state index in [1.165, 1.54) is 12.1 Å². The van der Waals surface area contributed by atoms with Crippen molar-refractivity contribution in [3.05, 3.63) is 64.4 Å². The lowest BCUT2D eigenvalue weighted by molar-refractivity contribution is 0.0697. The van der Waals surface area contributed by atoms with Crippen LogP contribution < -0.4 is 10.3 Å². The van der Waals surface area contributed by atoms with Gasteiger partial charge < -0.3 is 14.4 Å². The quantitative estimate of drug-likeness (QED) is 0.807. The number of methoxy groups -OCH3 is 1. The number of carbonyl (C=O) groups is 1. The summed E-state index contributed by atoms with van der Waals surface area (Å²) in [5.41, 5.74) is 1.60. The summed E-state index contributed by atoms with van der Waals surface area (Å²) in [4.78, 5) is 23.5. The van der Waals surface area contributed by atoms with Crippen LogP contribution in [0.4, 0.5) is 0 Å². The summed E-state index contributed by atoms with van der Waals surface area (Å²) in [6.45, 7) is 0. The van der Waals surface area contributed by atoms with E-state index < -0.39 is 5.97 Å². The van der Waals surface area contributed by atoms with Crippen LogP contribution in [0.25, 0.3) is 22.0 Å². The minimum atomic E-state index is -0.976. The smallest absolute Gasteiger partial charge is 0.335 e. The predicted octanol–water partition coefficient (Wildman–Crippen LogP) is 2.91. The molecule has 0 aliphatic heterocycles. The Morgan fingerprint density at radius 3 is 2.39 bits per heavy atom.